The Labute approximate surface area is 170 Å². The molecule has 0 radical (unpaired) electrons. The van der Waals surface area contributed by atoms with Crippen molar-refractivity contribution < 1.29 is 9.90 Å². The van der Waals surface area contributed by atoms with Gasteiger partial charge in [0.25, 0.3) is 0 Å². The number of allylic oxidation sites excluding steroid dienone is 8. The summed E-state index contributed by atoms with van der Waals surface area (Å²) in [6, 6.07) is 5.56. The molecule has 0 fully saturated rings. The van der Waals surface area contributed by atoms with Crippen LogP contribution in [-0.4, -0.2) is 11.1 Å². The van der Waals surface area contributed by atoms with Gasteiger partial charge < -0.3 is 10.8 Å². The number of nitrogens with two attached hydrogens (primary N) is 1. The molecule has 4 atom stereocenters. The van der Waals surface area contributed by atoms with E-state index in [2.05, 4.69) is 36.9 Å². The summed E-state index contributed by atoms with van der Waals surface area (Å²) in [5.74, 6) is -0.382. The molecule has 5 heteroatoms. The van der Waals surface area contributed by atoms with Gasteiger partial charge in [0.05, 0.1) is 0 Å². The van der Waals surface area contributed by atoms with Gasteiger partial charge in [-0.25, -0.2) is 0 Å². The van der Waals surface area contributed by atoms with Gasteiger partial charge in [0.15, 0.2) is 0 Å². The number of hydrogen-bond donors (Lipinski definition) is 2. The van der Waals surface area contributed by atoms with Crippen LogP contribution < -0.4 is 5.73 Å². The normalized spacial score (nSPS) is 29.4. The summed E-state index contributed by atoms with van der Waals surface area (Å²) in [6.45, 7) is 5.88. The molecule has 4 aliphatic carbocycles. The van der Waals surface area contributed by atoms with Crippen molar-refractivity contribution in [2.24, 2.45) is 22.7 Å². The number of carboxylic acids is 1. The second-order valence-electron chi connectivity index (χ2n) is 8.02. The summed E-state index contributed by atoms with van der Waals surface area (Å²) in [4.78, 5) is 22.9. The van der Waals surface area contributed by atoms with Gasteiger partial charge in [-0.1, -0.05) is 42.5 Å². The number of nitroso groups, excluding NO2 is 1. The third-order valence-electron chi connectivity index (χ3n) is 6.74. The Balaban J connectivity index is 2.07. The fourth-order valence-corrected chi connectivity index (χ4v) is 5.66. The molecule has 0 aliphatic heterocycles. The van der Waals surface area contributed by atoms with E-state index in [1.54, 1.807) is 12.1 Å². The number of rotatable bonds is 6. The van der Waals surface area contributed by atoms with Crippen molar-refractivity contribution in [3.63, 3.8) is 0 Å². The van der Waals surface area contributed by atoms with Crippen LogP contribution in [-0.2, 0) is 10.2 Å². The monoisotopic (exact) mass is 388 g/mol. The van der Waals surface area contributed by atoms with Gasteiger partial charge in [0.2, 0.25) is 0 Å². The van der Waals surface area contributed by atoms with Crippen molar-refractivity contribution in [3.8, 4) is 0 Å². The third kappa shape index (κ3) is 2.72. The van der Waals surface area contributed by atoms with Gasteiger partial charge >= 0.3 is 5.97 Å². The summed E-state index contributed by atoms with van der Waals surface area (Å²) in [6.07, 6.45) is 12.5. The zero-order valence-electron chi connectivity index (χ0n) is 16.3. The topological polar surface area (TPSA) is 92.8 Å². The summed E-state index contributed by atoms with van der Waals surface area (Å²) >= 11 is 0. The Morgan fingerprint density at radius 1 is 1.34 bits per heavy atom. The lowest BCUT2D eigenvalue weighted by atomic mass is 9.45. The Bertz CT molecular complexity index is 1030. The first-order valence-corrected chi connectivity index (χ1v) is 9.79. The van der Waals surface area contributed by atoms with Gasteiger partial charge in [-0.3, -0.25) is 4.79 Å². The van der Waals surface area contributed by atoms with Crippen molar-refractivity contribution in [1.29, 1.82) is 0 Å². The first kappa shape index (κ1) is 19.1. The SMILES string of the molecule is C=C/C(N)=C/C1=C(C)C2c3ccc(N=O)cc3C1(CCC(=O)O)C1C=CC=CC21. The van der Waals surface area contributed by atoms with Crippen molar-refractivity contribution in [3.05, 3.63) is 94.1 Å². The minimum absolute atomic E-state index is 0.0161. The Hall–Kier alpha value is -3.21. The summed E-state index contributed by atoms with van der Waals surface area (Å²) < 4.78 is 0. The first-order chi connectivity index (χ1) is 13.9. The lowest BCUT2D eigenvalue weighted by Gasteiger charge is -2.58. The van der Waals surface area contributed by atoms with Crippen LogP contribution in [0, 0.1) is 16.7 Å². The second-order valence-corrected chi connectivity index (χ2v) is 8.02. The van der Waals surface area contributed by atoms with E-state index in [4.69, 9.17) is 5.73 Å². The predicted molar refractivity (Wildman–Crippen MR) is 114 cm³/mol. The molecule has 148 valence electrons. The molecule has 1 aromatic rings. The summed E-state index contributed by atoms with van der Waals surface area (Å²) in [5, 5.41) is 12.7. The van der Waals surface area contributed by atoms with E-state index in [1.807, 2.05) is 24.3 Å². The van der Waals surface area contributed by atoms with E-state index >= 15 is 0 Å². The van der Waals surface area contributed by atoms with E-state index in [1.165, 1.54) is 5.57 Å². The van der Waals surface area contributed by atoms with Crippen LogP contribution in [0.2, 0.25) is 0 Å². The molecular formula is C24H24N2O3. The summed E-state index contributed by atoms with van der Waals surface area (Å²) in [7, 11) is 0. The fraction of sp³-hybridized carbons (Fsp3) is 0.292. The van der Waals surface area contributed by atoms with Crippen molar-refractivity contribution >= 4 is 11.7 Å². The number of aliphatic carboxylic acids is 1. The van der Waals surface area contributed by atoms with E-state index in [-0.39, 0.29) is 24.2 Å². The molecule has 0 saturated carbocycles. The molecule has 3 N–H and O–H groups in total. The molecule has 5 nitrogen and oxygen atoms in total. The van der Waals surface area contributed by atoms with Crippen LogP contribution in [0.25, 0.3) is 0 Å². The van der Waals surface area contributed by atoms with Crippen LogP contribution in [0.3, 0.4) is 0 Å². The molecule has 29 heavy (non-hydrogen) atoms. The highest BCUT2D eigenvalue weighted by atomic mass is 16.4. The number of hydrogen-bond acceptors (Lipinski definition) is 4. The minimum atomic E-state index is -0.845. The molecule has 5 rings (SSSR count). The molecule has 0 aromatic heterocycles. The van der Waals surface area contributed by atoms with Crippen LogP contribution in [0.15, 0.2) is 83.3 Å². The maximum absolute atomic E-state index is 11.6. The zero-order chi connectivity index (χ0) is 20.8. The fourth-order valence-electron chi connectivity index (χ4n) is 5.66. The lowest BCUT2D eigenvalue weighted by Crippen LogP contribution is -2.51. The minimum Gasteiger partial charge on any atom is -0.481 e. The maximum atomic E-state index is 11.6. The van der Waals surface area contributed by atoms with Gasteiger partial charge in [-0.2, -0.15) is 0 Å². The number of carboxylic acid groups (broad SMARTS) is 1. The summed E-state index contributed by atoms with van der Waals surface area (Å²) in [5.41, 5.74) is 10.8. The average molecular weight is 388 g/mol. The van der Waals surface area contributed by atoms with Gasteiger partial charge in [0, 0.05) is 23.5 Å². The van der Waals surface area contributed by atoms with Crippen molar-refractivity contribution in [2.45, 2.75) is 31.1 Å². The molecule has 0 spiro atoms. The van der Waals surface area contributed by atoms with Crippen LogP contribution >= 0.6 is 0 Å². The Kier molecular flexibility index (Phi) is 4.61. The van der Waals surface area contributed by atoms with Gasteiger partial charge in [0.1, 0.15) is 5.69 Å². The molecule has 4 aliphatic rings. The van der Waals surface area contributed by atoms with E-state index in [0.29, 0.717) is 17.8 Å². The first-order valence-electron chi connectivity index (χ1n) is 9.79. The van der Waals surface area contributed by atoms with Crippen LogP contribution in [0.4, 0.5) is 5.69 Å². The molecule has 4 unspecified atom stereocenters. The van der Waals surface area contributed by atoms with E-state index in [9.17, 15) is 14.8 Å². The van der Waals surface area contributed by atoms with Crippen molar-refractivity contribution in [2.75, 3.05) is 0 Å². The molecule has 0 amide bonds. The lowest BCUT2D eigenvalue weighted by molar-refractivity contribution is -0.137. The van der Waals surface area contributed by atoms with Crippen LogP contribution in [0.5, 0.6) is 0 Å². The van der Waals surface area contributed by atoms with E-state index in [0.717, 1.165) is 16.7 Å². The molecule has 1 aromatic carbocycles. The third-order valence-corrected chi connectivity index (χ3v) is 6.74. The van der Waals surface area contributed by atoms with E-state index < -0.39 is 11.4 Å². The average Bonchev–Trinajstić information content (AvgIpc) is 2.73. The second kappa shape index (κ2) is 6.99. The number of carbonyl (C=O) groups is 1. The highest BCUT2D eigenvalue weighted by molar-refractivity contribution is 5.69. The van der Waals surface area contributed by atoms with Gasteiger partial charge in [-0.05, 0) is 71.3 Å². The van der Waals surface area contributed by atoms with Crippen molar-refractivity contribution in [1.82, 2.24) is 0 Å². The maximum Gasteiger partial charge on any atom is 0.303 e. The Morgan fingerprint density at radius 3 is 2.79 bits per heavy atom. The molecule has 2 bridgehead atoms. The molecule has 0 saturated heterocycles. The quantitative estimate of drug-likeness (QED) is 0.530. The van der Waals surface area contributed by atoms with Crippen LogP contribution in [0.1, 0.15) is 36.8 Å². The highest BCUT2D eigenvalue weighted by Gasteiger charge is 2.57. The number of nitrogens with zero attached hydrogens (tertiary/aromatic N) is 1. The zero-order valence-corrected chi connectivity index (χ0v) is 16.3. The predicted octanol–water partition coefficient (Wildman–Crippen LogP) is 5.00. The van der Waals surface area contributed by atoms with Gasteiger partial charge in [-0.15, -0.1) is 4.91 Å². The standard InChI is InChI=1S/C24H24N2O3/c1-3-15(25)12-20-14(2)23-17-6-4-5-7-19(17)24(20,11-10-22(27)28)21-13-16(26-29)8-9-18(21)23/h3-9,12-13,17,19,23H,1,10-11,25H2,2H3,(H,27,28)/b15-12-. The Morgan fingerprint density at radius 2 is 2.10 bits per heavy atom. The smallest absolute Gasteiger partial charge is 0.303 e. The highest BCUT2D eigenvalue weighted by Crippen LogP contribution is 2.65. The molecule has 0 heterocycles. The molecular weight excluding hydrogens is 364 g/mol. The number of benzene rings is 1. The largest absolute Gasteiger partial charge is 0.481 e.